The zero-order chi connectivity index (χ0) is 15.5. The SMILES string of the molecule is CCOc1ccc(N2C(=O)C[C@@H]([NH+]3CCOCC3)C2=O)cc1. The fourth-order valence-corrected chi connectivity index (χ4v) is 3.06. The van der Waals surface area contributed by atoms with Gasteiger partial charge in [0.1, 0.15) is 18.8 Å². The molecule has 0 radical (unpaired) electrons. The van der Waals surface area contributed by atoms with E-state index in [1.54, 1.807) is 24.3 Å². The number of ether oxygens (including phenoxy) is 2. The van der Waals surface area contributed by atoms with Gasteiger partial charge in [-0.2, -0.15) is 0 Å². The normalized spacial score (nSPS) is 23.1. The molecule has 2 amide bonds. The molecule has 1 N–H and O–H groups in total. The van der Waals surface area contributed by atoms with Crippen molar-refractivity contribution in [2.45, 2.75) is 19.4 Å². The van der Waals surface area contributed by atoms with Crippen LogP contribution in [-0.2, 0) is 14.3 Å². The molecule has 0 aromatic heterocycles. The van der Waals surface area contributed by atoms with E-state index < -0.39 is 0 Å². The van der Waals surface area contributed by atoms with E-state index in [0.29, 0.717) is 25.5 Å². The van der Waals surface area contributed by atoms with Crippen LogP contribution in [0.4, 0.5) is 5.69 Å². The van der Waals surface area contributed by atoms with Crippen molar-refractivity contribution in [2.24, 2.45) is 0 Å². The van der Waals surface area contributed by atoms with Gasteiger partial charge < -0.3 is 14.4 Å². The Morgan fingerprint density at radius 2 is 1.91 bits per heavy atom. The molecule has 0 spiro atoms. The smallest absolute Gasteiger partial charge is 0.292 e. The first-order valence-corrected chi connectivity index (χ1v) is 7.72. The average Bonchev–Trinajstić information content (AvgIpc) is 2.84. The van der Waals surface area contributed by atoms with Crippen LogP contribution in [0.15, 0.2) is 24.3 Å². The maximum Gasteiger partial charge on any atom is 0.292 e. The highest BCUT2D eigenvalue weighted by atomic mass is 16.5. The maximum atomic E-state index is 12.6. The van der Waals surface area contributed by atoms with Crippen molar-refractivity contribution < 1.29 is 24.0 Å². The molecule has 0 aliphatic carbocycles. The molecule has 2 saturated heterocycles. The van der Waals surface area contributed by atoms with Gasteiger partial charge in [-0.05, 0) is 31.2 Å². The summed E-state index contributed by atoms with van der Waals surface area (Å²) in [6.07, 6.45) is 0.279. The summed E-state index contributed by atoms with van der Waals surface area (Å²) in [6, 6.07) is 6.82. The first-order chi connectivity index (χ1) is 10.7. The van der Waals surface area contributed by atoms with E-state index in [1.807, 2.05) is 6.92 Å². The van der Waals surface area contributed by atoms with Crippen LogP contribution < -0.4 is 14.5 Å². The summed E-state index contributed by atoms with van der Waals surface area (Å²) in [5.74, 6) is 0.505. The van der Waals surface area contributed by atoms with Crippen LogP contribution in [0.5, 0.6) is 5.75 Å². The second kappa shape index (κ2) is 6.46. The summed E-state index contributed by atoms with van der Waals surface area (Å²) >= 11 is 0. The van der Waals surface area contributed by atoms with Crippen LogP contribution in [0.3, 0.4) is 0 Å². The highest BCUT2D eigenvalue weighted by Gasteiger charge is 2.45. The van der Waals surface area contributed by atoms with Crippen molar-refractivity contribution in [3.63, 3.8) is 0 Å². The molecule has 3 rings (SSSR count). The van der Waals surface area contributed by atoms with Gasteiger partial charge in [-0.25, -0.2) is 4.90 Å². The van der Waals surface area contributed by atoms with E-state index >= 15 is 0 Å². The van der Waals surface area contributed by atoms with Crippen LogP contribution >= 0.6 is 0 Å². The summed E-state index contributed by atoms with van der Waals surface area (Å²) in [7, 11) is 0. The van der Waals surface area contributed by atoms with Crippen molar-refractivity contribution >= 4 is 17.5 Å². The monoisotopic (exact) mass is 305 g/mol. The van der Waals surface area contributed by atoms with Crippen molar-refractivity contribution in [3.8, 4) is 5.75 Å². The summed E-state index contributed by atoms with van der Waals surface area (Å²) in [5.41, 5.74) is 0.619. The first kappa shape index (κ1) is 15.0. The van der Waals surface area contributed by atoms with E-state index in [2.05, 4.69) is 0 Å². The number of amides is 2. The number of nitrogens with one attached hydrogen (secondary N) is 1. The van der Waals surface area contributed by atoms with Gasteiger partial charge in [-0.1, -0.05) is 0 Å². The lowest BCUT2D eigenvalue weighted by atomic mass is 10.2. The highest BCUT2D eigenvalue weighted by Crippen LogP contribution is 2.24. The minimum Gasteiger partial charge on any atom is -0.494 e. The fraction of sp³-hybridized carbons (Fsp3) is 0.500. The van der Waals surface area contributed by atoms with E-state index in [-0.39, 0.29) is 24.3 Å². The van der Waals surface area contributed by atoms with E-state index in [1.165, 1.54) is 4.90 Å². The number of anilines is 1. The molecule has 1 aromatic carbocycles. The fourth-order valence-electron chi connectivity index (χ4n) is 3.06. The summed E-state index contributed by atoms with van der Waals surface area (Å²) in [6.45, 7) is 5.36. The van der Waals surface area contributed by atoms with Gasteiger partial charge in [0.2, 0.25) is 5.91 Å². The molecular formula is C16H21N2O4+. The van der Waals surface area contributed by atoms with Crippen LogP contribution in [0.25, 0.3) is 0 Å². The highest BCUT2D eigenvalue weighted by molar-refractivity contribution is 6.21. The third-order valence-corrected chi connectivity index (χ3v) is 4.18. The Hall–Kier alpha value is -1.92. The Labute approximate surface area is 129 Å². The molecule has 6 nitrogen and oxygen atoms in total. The molecule has 1 aromatic rings. The Morgan fingerprint density at radius 3 is 2.55 bits per heavy atom. The van der Waals surface area contributed by atoms with Gasteiger partial charge in [0.05, 0.1) is 31.9 Å². The minimum atomic E-state index is -0.275. The lowest BCUT2D eigenvalue weighted by Gasteiger charge is -2.27. The van der Waals surface area contributed by atoms with Crippen LogP contribution in [-0.4, -0.2) is 50.8 Å². The number of carbonyl (C=O) groups excluding carboxylic acids is 2. The molecule has 6 heteroatoms. The molecule has 22 heavy (non-hydrogen) atoms. The second-order valence-corrected chi connectivity index (χ2v) is 5.52. The largest absolute Gasteiger partial charge is 0.494 e. The molecule has 0 saturated carbocycles. The zero-order valence-electron chi connectivity index (χ0n) is 12.7. The van der Waals surface area contributed by atoms with Crippen LogP contribution in [0, 0.1) is 0 Å². The molecule has 2 aliphatic heterocycles. The third kappa shape index (κ3) is 2.84. The van der Waals surface area contributed by atoms with Crippen LogP contribution in [0.2, 0.25) is 0 Å². The number of nitrogens with zero attached hydrogens (tertiary/aromatic N) is 1. The number of hydrogen-bond acceptors (Lipinski definition) is 4. The number of morpholine rings is 1. The zero-order valence-corrected chi connectivity index (χ0v) is 12.7. The van der Waals surface area contributed by atoms with Gasteiger partial charge in [-0.15, -0.1) is 0 Å². The van der Waals surface area contributed by atoms with E-state index in [9.17, 15) is 9.59 Å². The second-order valence-electron chi connectivity index (χ2n) is 5.52. The first-order valence-electron chi connectivity index (χ1n) is 7.72. The average molecular weight is 305 g/mol. The number of hydrogen-bond donors (Lipinski definition) is 1. The van der Waals surface area contributed by atoms with Gasteiger partial charge in [0, 0.05) is 0 Å². The van der Waals surface area contributed by atoms with Gasteiger partial charge in [0.25, 0.3) is 5.91 Å². The molecule has 2 aliphatic rings. The van der Waals surface area contributed by atoms with Crippen molar-refractivity contribution in [2.75, 3.05) is 37.8 Å². The number of carbonyl (C=O) groups is 2. The quantitative estimate of drug-likeness (QED) is 0.771. The molecular weight excluding hydrogens is 284 g/mol. The standard InChI is InChI=1S/C16H20N2O4/c1-2-22-13-5-3-12(4-6-13)18-15(19)11-14(16(18)20)17-7-9-21-10-8-17/h3-6,14H,2,7-11H2,1H3/p+1/t14-/m1/s1. The number of quaternary nitrogens is 1. The molecule has 0 bridgehead atoms. The van der Waals surface area contributed by atoms with Crippen LogP contribution in [0.1, 0.15) is 13.3 Å². The van der Waals surface area contributed by atoms with Crippen molar-refractivity contribution in [1.29, 1.82) is 0 Å². The third-order valence-electron chi connectivity index (χ3n) is 4.18. The van der Waals surface area contributed by atoms with Crippen molar-refractivity contribution in [3.05, 3.63) is 24.3 Å². The maximum absolute atomic E-state index is 12.6. The minimum absolute atomic E-state index is 0.106. The number of benzene rings is 1. The summed E-state index contributed by atoms with van der Waals surface area (Å²) in [4.78, 5) is 27.4. The molecule has 2 fully saturated rings. The van der Waals surface area contributed by atoms with Gasteiger partial charge >= 0.3 is 0 Å². The molecule has 0 unspecified atom stereocenters. The number of imide groups is 1. The Morgan fingerprint density at radius 1 is 1.23 bits per heavy atom. The van der Waals surface area contributed by atoms with E-state index in [4.69, 9.17) is 9.47 Å². The molecule has 1 atom stereocenters. The Balaban J connectivity index is 1.76. The van der Waals surface area contributed by atoms with Crippen molar-refractivity contribution in [1.82, 2.24) is 0 Å². The Kier molecular flexibility index (Phi) is 4.40. The summed E-state index contributed by atoms with van der Waals surface area (Å²) < 4.78 is 10.7. The predicted octanol–water partition coefficient (Wildman–Crippen LogP) is -0.368. The molecule has 2 heterocycles. The topological polar surface area (TPSA) is 60.3 Å². The summed E-state index contributed by atoms with van der Waals surface area (Å²) in [5, 5.41) is 0. The number of rotatable bonds is 4. The van der Waals surface area contributed by atoms with Gasteiger partial charge in [-0.3, -0.25) is 9.59 Å². The Bertz CT molecular complexity index is 552. The predicted molar refractivity (Wildman–Crippen MR) is 80.0 cm³/mol. The van der Waals surface area contributed by atoms with Gasteiger partial charge in [0.15, 0.2) is 6.04 Å². The van der Waals surface area contributed by atoms with E-state index in [0.717, 1.165) is 23.7 Å². The lowest BCUT2D eigenvalue weighted by Crippen LogP contribution is -3.18. The lowest BCUT2D eigenvalue weighted by molar-refractivity contribution is -0.922. The molecule has 118 valence electrons.